The van der Waals surface area contributed by atoms with Gasteiger partial charge in [-0.15, -0.1) is 0 Å². The predicted octanol–water partition coefficient (Wildman–Crippen LogP) is 4.23. The standard InChI is InChI=1S/C23H25NO4/c1-4-5-13-24-20(18-12-7-6-9-15(18)2)19(22(26)23(24)27)21(25)16-10-8-11-17(14-16)28-3/h6-12,14,20,25H,4-5,13H2,1-3H3/b21-19+. The summed E-state index contributed by atoms with van der Waals surface area (Å²) in [5.74, 6) is -0.822. The fourth-order valence-corrected chi connectivity index (χ4v) is 3.58. The van der Waals surface area contributed by atoms with Crippen LogP contribution in [0.3, 0.4) is 0 Å². The number of hydrogen-bond acceptors (Lipinski definition) is 4. The molecule has 0 aromatic heterocycles. The minimum absolute atomic E-state index is 0.128. The molecule has 1 unspecified atom stereocenters. The van der Waals surface area contributed by atoms with Crippen LogP contribution in [-0.4, -0.2) is 35.4 Å². The van der Waals surface area contributed by atoms with Gasteiger partial charge in [-0.2, -0.15) is 0 Å². The molecule has 1 N–H and O–H groups in total. The van der Waals surface area contributed by atoms with Crippen molar-refractivity contribution in [3.63, 3.8) is 0 Å². The second-order valence-electron chi connectivity index (χ2n) is 6.93. The zero-order valence-corrected chi connectivity index (χ0v) is 16.4. The maximum absolute atomic E-state index is 12.9. The topological polar surface area (TPSA) is 66.8 Å². The molecule has 0 bridgehead atoms. The number of hydrogen-bond donors (Lipinski definition) is 1. The smallest absolute Gasteiger partial charge is 0.295 e. The Balaban J connectivity index is 2.19. The van der Waals surface area contributed by atoms with Crippen molar-refractivity contribution in [3.8, 4) is 5.75 Å². The highest BCUT2D eigenvalue weighted by molar-refractivity contribution is 6.46. The van der Waals surface area contributed by atoms with Crippen molar-refractivity contribution >= 4 is 17.4 Å². The Kier molecular flexibility index (Phi) is 5.83. The Bertz CT molecular complexity index is 932. The van der Waals surface area contributed by atoms with Crippen molar-refractivity contribution in [1.29, 1.82) is 0 Å². The average Bonchev–Trinajstić information content (AvgIpc) is 2.96. The number of unbranched alkanes of at least 4 members (excludes halogenated alkanes) is 1. The first-order valence-electron chi connectivity index (χ1n) is 9.48. The molecule has 146 valence electrons. The first kappa shape index (κ1) is 19.7. The van der Waals surface area contributed by atoms with Gasteiger partial charge in [0.25, 0.3) is 11.7 Å². The SMILES string of the molecule is CCCCN1C(=O)C(=O)/C(=C(/O)c2cccc(OC)c2)C1c1ccccc1C. The Morgan fingerprint density at radius 1 is 1.14 bits per heavy atom. The van der Waals surface area contributed by atoms with E-state index >= 15 is 0 Å². The highest BCUT2D eigenvalue weighted by atomic mass is 16.5. The normalized spacial score (nSPS) is 18.5. The van der Waals surface area contributed by atoms with Crippen molar-refractivity contribution in [2.24, 2.45) is 0 Å². The molecule has 1 heterocycles. The van der Waals surface area contributed by atoms with Crippen LogP contribution in [0.1, 0.15) is 42.5 Å². The van der Waals surface area contributed by atoms with E-state index in [0.717, 1.165) is 24.0 Å². The summed E-state index contributed by atoms with van der Waals surface area (Å²) < 4.78 is 5.22. The van der Waals surface area contributed by atoms with Crippen LogP contribution in [0, 0.1) is 6.92 Å². The van der Waals surface area contributed by atoms with Gasteiger partial charge < -0.3 is 14.7 Å². The second kappa shape index (κ2) is 8.30. The van der Waals surface area contributed by atoms with Crippen LogP contribution in [0.5, 0.6) is 5.75 Å². The number of likely N-dealkylation sites (tertiary alicyclic amines) is 1. The Labute approximate surface area is 165 Å². The van der Waals surface area contributed by atoms with E-state index in [4.69, 9.17) is 4.74 Å². The lowest BCUT2D eigenvalue weighted by molar-refractivity contribution is -0.139. The quantitative estimate of drug-likeness (QED) is 0.463. The van der Waals surface area contributed by atoms with Crippen molar-refractivity contribution in [2.75, 3.05) is 13.7 Å². The Morgan fingerprint density at radius 2 is 1.89 bits per heavy atom. The number of amides is 1. The molecule has 0 saturated carbocycles. The summed E-state index contributed by atoms with van der Waals surface area (Å²) in [7, 11) is 1.54. The molecule has 1 aliphatic heterocycles. The maximum atomic E-state index is 12.9. The number of carbonyl (C=O) groups is 2. The molecular weight excluding hydrogens is 354 g/mol. The van der Waals surface area contributed by atoms with Gasteiger partial charge in [-0.05, 0) is 36.6 Å². The minimum atomic E-state index is -0.648. The van der Waals surface area contributed by atoms with Gasteiger partial charge in [-0.25, -0.2) is 0 Å². The van der Waals surface area contributed by atoms with Crippen molar-refractivity contribution in [1.82, 2.24) is 4.90 Å². The number of nitrogens with zero attached hydrogens (tertiary/aromatic N) is 1. The lowest BCUT2D eigenvalue weighted by Gasteiger charge is -2.26. The second-order valence-corrected chi connectivity index (χ2v) is 6.93. The van der Waals surface area contributed by atoms with Crippen LogP contribution in [-0.2, 0) is 9.59 Å². The van der Waals surface area contributed by atoms with E-state index in [9.17, 15) is 14.7 Å². The molecule has 5 nitrogen and oxygen atoms in total. The third-order valence-electron chi connectivity index (χ3n) is 5.12. The van der Waals surface area contributed by atoms with E-state index in [1.165, 1.54) is 7.11 Å². The highest BCUT2D eigenvalue weighted by Gasteiger charge is 2.46. The van der Waals surface area contributed by atoms with Gasteiger partial charge in [-0.3, -0.25) is 9.59 Å². The lowest BCUT2D eigenvalue weighted by Crippen LogP contribution is -2.30. The van der Waals surface area contributed by atoms with Crippen LogP contribution in [0.4, 0.5) is 0 Å². The molecule has 0 radical (unpaired) electrons. The van der Waals surface area contributed by atoms with Crippen molar-refractivity contribution in [3.05, 3.63) is 70.8 Å². The number of methoxy groups -OCH3 is 1. The molecular formula is C23H25NO4. The van der Waals surface area contributed by atoms with E-state index in [-0.39, 0.29) is 11.3 Å². The minimum Gasteiger partial charge on any atom is -0.507 e. The summed E-state index contributed by atoms with van der Waals surface area (Å²) in [6, 6.07) is 13.9. The number of benzene rings is 2. The molecule has 2 aromatic carbocycles. The van der Waals surface area contributed by atoms with Gasteiger partial charge in [0.1, 0.15) is 11.5 Å². The fourth-order valence-electron chi connectivity index (χ4n) is 3.58. The zero-order chi connectivity index (χ0) is 20.3. The highest BCUT2D eigenvalue weighted by Crippen LogP contribution is 2.40. The summed E-state index contributed by atoms with van der Waals surface area (Å²) in [5, 5.41) is 11.0. The summed E-state index contributed by atoms with van der Waals surface area (Å²) in [6.45, 7) is 4.45. The summed E-state index contributed by atoms with van der Waals surface area (Å²) >= 11 is 0. The van der Waals surface area contributed by atoms with Gasteiger partial charge >= 0.3 is 0 Å². The number of ether oxygens (including phenoxy) is 1. The molecule has 2 aromatic rings. The van der Waals surface area contributed by atoms with Crippen molar-refractivity contribution in [2.45, 2.75) is 32.7 Å². The van der Waals surface area contributed by atoms with E-state index in [1.54, 1.807) is 29.2 Å². The van der Waals surface area contributed by atoms with Gasteiger partial charge in [0.15, 0.2) is 0 Å². The predicted molar refractivity (Wildman–Crippen MR) is 108 cm³/mol. The van der Waals surface area contributed by atoms with Crippen molar-refractivity contribution < 1.29 is 19.4 Å². The zero-order valence-electron chi connectivity index (χ0n) is 16.4. The fraction of sp³-hybridized carbons (Fsp3) is 0.304. The van der Waals surface area contributed by atoms with Gasteiger partial charge in [0.2, 0.25) is 0 Å². The molecule has 1 fully saturated rings. The third kappa shape index (κ3) is 3.52. The van der Waals surface area contributed by atoms with Crippen LogP contribution in [0.2, 0.25) is 0 Å². The van der Waals surface area contributed by atoms with E-state index in [0.29, 0.717) is 17.9 Å². The molecule has 0 spiro atoms. The van der Waals surface area contributed by atoms with Gasteiger partial charge in [0.05, 0.1) is 18.7 Å². The summed E-state index contributed by atoms with van der Waals surface area (Å²) in [4.78, 5) is 27.3. The molecule has 5 heteroatoms. The molecule has 1 saturated heterocycles. The Hall–Kier alpha value is -3.08. The number of ketones is 1. The van der Waals surface area contributed by atoms with E-state index in [2.05, 4.69) is 0 Å². The maximum Gasteiger partial charge on any atom is 0.295 e. The van der Waals surface area contributed by atoms with E-state index in [1.807, 2.05) is 38.1 Å². The number of aliphatic hydroxyl groups is 1. The molecule has 0 aliphatic carbocycles. The first-order valence-corrected chi connectivity index (χ1v) is 9.48. The molecule has 1 aliphatic rings. The average molecular weight is 379 g/mol. The molecule has 1 atom stereocenters. The molecule has 1 amide bonds. The number of rotatable bonds is 6. The lowest BCUT2D eigenvalue weighted by atomic mass is 9.92. The summed E-state index contributed by atoms with van der Waals surface area (Å²) in [5.41, 5.74) is 2.39. The molecule has 28 heavy (non-hydrogen) atoms. The first-order chi connectivity index (χ1) is 13.5. The van der Waals surface area contributed by atoms with E-state index < -0.39 is 17.7 Å². The van der Waals surface area contributed by atoms with Crippen LogP contribution >= 0.6 is 0 Å². The van der Waals surface area contributed by atoms with Gasteiger partial charge in [0, 0.05) is 12.1 Å². The number of aryl methyl sites for hydroxylation is 1. The number of aliphatic hydroxyl groups excluding tert-OH is 1. The summed E-state index contributed by atoms with van der Waals surface area (Å²) in [6.07, 6.45) is 1.69. The monoisotopic (exact) mass is 379 g/mol. The number of carbonyl (C=O) groups excluding carboxylic acids is 2. The van der Waals surface area contributed by atoms with Crippen LogP contribution in [0.25, 0.3) is 5.76 Å². The number of Topliss-reactive ketones (excluding diaryl/α,β-unsaturated/α-hetero) is 1. The van der Waals surface area contributed by atoms with Crippen LogP contribution in [0.15, 0.2) is 54.1 Å². The largest absolute Gasteiger partial charge is 0.507 e. The third-order valence-corrected chi connectivity index (χ3v) is 5.12. The van der Waals surface area contributed by atoms with Gasteiger partial charge in [-0.1, -0.05) is 49.7 Å². The molecule has 3 rings (SSSR count). The Morgan fingerprint density at radius 3 is 2.57 bits per heavy atom. The van der Waals surface area contributed by atoms with Crippen LogP contribution < -0.4 is 4.74 Å².